The third-order valence-corrected chi connectivity index (χ3v) is 5.35. The van der Waals surface area contributed by atoms with Crippen LogP contribution >= 0.6 is 0 Å². The summed E-state index contributed by atoms with van der Waals surface area (Å²) >= 11 is 0. The average molecular weight is 478 g/mol. The van der Waals surface area contributed by atoms with E-state index >= 15 is 0 Å². The second kappa shape index (κ2) is 10.3. The molecular weight excluding hydrogens is 450 g/mol. The Hall–Kier alpha value is -4.34. The number of anilines is 2. The van der Waals surface area contributed by atoms with E-state index in [0.29, 0.717) is 29.3 Å². The molecular formula is C25H27N5O5. The lowest BCUT2D eigenvalue weighted by atomic mass is 10.1. The van der Waals surface area contributed by atoms with Gasteiger partial charge in [0.25, 0.3) is 11.8 Å². The molecule has 4 rings (SSSR count). The van der Waals surface area contributed by atoms with Crippen LogP contribution in [0.4, 0.5) is 16.2 Å². The van der Waals surface area contributed by atoms with Crippen molar-refractivity contribution in [1.29, 1.82) is 0 Å². The quantitative estimate of drug-likeness (QED) is 0.501. The molecule has 1 aliphatic heterocycles. The van der Waals surface area contributed by atoms with Crippen molar-refractivity contribution >= 4 is 29.2 Å². The Kier molecular flexibility index (Phi) is 7.00. The highest BCUT2D eigenvalue weighted by Crippen LogP contribution is 2.33. The van der Waals surface area contributed by atoms with Gasteiger partial charge in [-0.3, -0.25) is 9.59 Å². The molecule has 0 aliphatic carbocycles. The first kappa shape index (κ1) is 23.8. The zero-order valence-corrected chi connectivity index (χ0v) is 19.7. The largest absolute Gasteiger partial charge is 0.489 e. The molecule has 10 heteroatoms. The zero-order valence-electron chi connectivity index (χ0n) is 19.7. The van der Waals surface area contributed by atoms with Crippen molar-refractivity contribution in [2.75, 3.05) is 23.9 Å². The van der Waals surface area contributed by atoms with Crippen LogP contribution in [0.3, 0.4) is 0 Å². The lowest BCUT2D eigenvalue weighted by Crippen LogP contribution is -2.49. The summed E-state index contributed by atoms with van der Waals surface area (Å²) < 4.78 is 11.1. The lowest BCUT2D eigenvalue weighted by Gasteiger charge is -2.20. The van der Waals surface area contributed by atoms with Crippen LogP contribution in [-0.4, -0.2) is 48.7 Å². The van der Waals surface area contributed by atoms with Gasteiger partial charge < -0.3 is 30.1 Å². The molecule has 2 heterocycles. The fraction of sp³-hybridized carbons (Fsp3) is 0.280. The molecule has 10 nitrogen and oxygen atoms in total. The number of nitrogens with zero attached hydrogens (tertiary/aromatic N) is 2. The van der Waals surface area contributed by atoms with E-state index in [2.05, 4.69) is 21.1 Å². The van der Waals surface area contributed by atoms with Gasteiger partial charge in [-0.05, 0) is 37.6 Å². The minimum atomic E-state index is -0.935. The highest BCUT2D eigenvalue weighted by molar-refractivity contribution is 6.03. The van der Waals surface area contributed by atoms with E-state index in [9.17, 15) is 14.4 Å². The van der Waals surface area contributed by atoms with Crippen molar-refractivity contribution in [2.45, 2.75) is 32.4 Å². The van der Waals surface area contributed by atoms with E-state index in [0.717, 1.165) is 5.56 Å². The molecule has 0 saturated heterocycles. The molecule has 0 bridgehead atoms. The van der Waals surface area contributed by atoms with Gasteiger partial charge in [-0.15, -0.1) is 0 Å². The van der Waals surface area contributed by atoms with Gasteiger partial charge in [0.2, 0.25) is 0 Å². The van der Waals surface area contributed by atoms with Crippen molar-refractivity contribution < 1.29 is 23.6 Å². The third kappa shape index (κ3) is 5.78. The predicted octanol–water partition coefficient (Wildman–Crippen LogP) is 2.95. The molecule has 182 valence electrons. The number of fused-ring (bicyclic) bond motifs is 1. The third-order valence-electron chi connectivity index (χ3n) is 5.35. The van der Waals surface area contributed by atoms with Crippen LogP contribution in [0.5, 0.6) is 5.75 Å². The summed E-state index contributed by atoms with van der Waals surface area (Å²) in [5, 5.41) is 12.0. The van der Waals surface area contributed by atoms with Crippen LogP contribution in [0.25, 0.3) is 0 Å². The van der Waals surface area contributed by atoms with E-state index < -0.39 is 11.9 Å². The van der Waals surface area contributed by atoms with Crippen molar-refractivity contribution in [3.8, 4) is 5.75 Å². The van der Waals surface area contributed by atoms with Crippen LogP contribution in [0.2, 0.25) is 0 Å². The van der Waals surface area contributed by atoms with Gasteiger partial charge in [0, 0.05) is 31.3 Å². The van der Waals surface area contributed by atoms with Gasteiger partial charge in [-0.25, -0.2) is 4.79 Å². The Morgan fingerprint density at radius 2 is 1.91 bits per heavy atom. The van der Waals surface area contributed by atoms with E-state index in [1.54, 1.807) is 31.3 Å². The fourth-order valence-electron chi connectivity index (χ4n) is 3.64. The number of hydrogen-bond donors (Lipinski definition) is 3. The monoisotopic (exact) mass is 477 g/mol. The number of hydrogen-bond acceptors (Lipinski definition) is 6. The van der Waals surface area contributed by atoms with Crippen LogP contribution in [0, 0.1) is 0 Å². The van der Waals surface area contributed by atoms with Gasteiger partial charge in [-0.1, -0.05) is 35.5 Å². The number of rotatable bonds is 6. The Balaban J connectivity index is 1.42. The molecule has 3 N–H and O–H groups in total. The Morgan fingerprint density at radius 1 is 1.14 bits per heavy atom. The van der Waals surface area contributed by atoms with Crippen LogP contribution in [-0.2, 0) is 11.2 Å². The first-order chi connectivity index (χ1) is 16.8. The summed E-state index contributed by atoms with van der Waals surface area (Å²) in [7, 11) is 1.58. The highest BCUT2D eigenvalue weighted by Gasteiger charge is 2.31. The number of likely N-dealkylation sites (N-methyl/N-ethyl adjacent to an activating group) is 1. The molecule has 0 saturated carbocycles. The molecule has 4 amide bonds. The van der Waals surface area contributed by atoms with Gasteiger partial charge in [0.05, 0.1) is 5.69 Å². The van der Waals surface area contributed by atoms with Gasteiger partial charge >= 0.3 is 6.03 Å². The smallest absolute Gasteiger partial charge is 0.319 e. The van der Waals surface area contributed by atoms with Crippen LogP contribution < -0.4 is 25.6 Å². The normalized spacial score (nSPS) is 15.1. The maximum atomic E-state index is 13.1. The predicted molar refractivity (Wildman–Crippen MR) is 130 cm³/mol. The van der Waals surface area contributed by atoms with Gasteiger partial charge in [-0.2, -0.15) is 0 Å². The van der Waals surface area contributed by atoms with Crippen molar-refractivity contribution in [1.82, 2.24) is 15.8 Å². The molecule has 0 spiro atoms. The van der Waals surface area contributed by atoms with E-state index in [1.807, 2.05) is 44.2 Å². The van der Waals surface area contributed by atoms with Gasteiger partial charge in [0.1, 0.15) is 24.2 Å². The van der Waals surface area contributed by atoms with E-state index in [-0.39, 0.29) is 30.3 Å². The summed E-state index contributed by atoms with van der Waals surface area (Å²) in [6.45, 7) is 3.65. The molecule has 0 unspecified atom stereocenters. The minimum absolute atomic E-state index is 0.0214. The topological polar surface area (TPSA) is 126 Å². The first-order valence-corrected chi connectivity index (χ1v) is 11.2. The summed E-state index contributed by atoms with van der Waals surface area (Å²) in [5.74, 6) is 0.0887. The number of urea groups is 1. The maximum absolute atomic E-state index is 13.1. The second-order valence-electron chi connectivity index (χ2n) is 8.51. The fourth-order valence-corrected chi connectivity index (χ4v) is 3.64. The molecule has 1 aromatic heterocycles. The summed E-state index contributed by atoms with van der Waals surface area (Å²) in [6, 6.07) is 14.9. The number of aromatic nitrogens is 1. The summed E-state index contributed by atoms with van der Waals surface area (Å²) in [6.07, 6.45) is 0.496. The molecule has 2 aromatic carbocycles. The summed E-state index contributed by atoms with van der Waals surface area (Å²) in [5.41, 5.74) is 2.08. The number of nitrogens with one attached hydrogen (secondary N) is 3. The molecule has 1 aliphatic rings. The van der Waals surface area contributed by atoms with Crippen LogP contribution in [0.1, 0.15) is 35.7 Å². The van der Waals surface area contributed by atoms with Crippen molar-refractivity contribution in [3.63, 3.8) is 0 Å². The Morgan fingerprint density at radius 3 is 2.66 bits per heavy atom. The highest BCUT2D eigenvalue weighted by atomic mass is 16.5. The number of amides is 4. The summed E-state index contributed by atoms with van der Waals surface area (Å²) in [4.78, 5) is 39.3. The molecule has 0 radical (unpaired) electrons. The van der Waals surface area contributed by atoms with Gasteiger partial charge in [0.15, 0.2) is 5.69 Å². The van der Waals surface area contributed by atoms with Crippen LogP contribution in [0.15, 0.2) is 59.1 Å². The second-order valence-corrected chi connectivity index (χ2v) is 8.51. The lowest BCUT2D eigenvalue weighted by molar-refractivity contribution is -0.120. The Labute approximate surface area is 202 Å². The molecule has 1 atom stereocenters. The number of carbonyl (C=O) groups is 3. The number of ether oxygens (including phenoxy) is 1. The van der Waals surface area contributed by atoms with Crippen molar-refractivity contribution in [2.24, 2.45) is 0 Å². The maximum Gasteiger partial charge on any atom is 0.319 e. The molecule has 0 fully saturated rings. The first-order valence-electron chi connectivity index (χ1n) is 11.2. The van der Waals surface area contributed by atoms with E-state index in [1.165, 1.54) is 4.90 Å². The number of carbonyl (C=O) groups excluding carboxylic acids is 3. The zero-order chi connectivity index (χ0) is 24.9. The SMILES string of the molecule is CC(C)NC(=O)Nc1ccc2c(c1)N(C)C(=O)[C@@H](NC(=O)c1cc(Cc3ccccc3)on1)CO2. The average Bonchev–Trinajstić information content (AvgIpc) is 3.26. The molecule has 3 aromatic rings. The standard InChI is InChI=1S/C25H27N5O5/c1-15(2)26-25(33)27-17-9-10-22-21(12-17)30(3)24(32)20(14-34-22)28-23(31)19-13-18(35-29-19)11-16-7-5-4-6-8-16/h4-10,12-13,15,20H,11,14H2,1-3H3,(H,28,31)(H2,26,27,33)/t20-/m0/s1. The van der Waals surface area contributed by atoms with Crippen molar-refractivity contribution in [3.05, 3.63) is 71.6 Å². The Bertz CT molecular complexity index is 1220. The molecule has 35 heavy (non-hydrogen) atoms. The number of benzene rings is 2. The van der Waals surface area contributed by atoms with E-state index in [4.69, 9.17) is 9.26 Å². The minimum Gasteiger partial charge on any atom is -0.489 e.